The molecule has 1 aliphatic rings. The molecule has 5 heteroatoms. The van der Waals surface area contributed by atoms with E-state index in [1.165, 1.54) is 12.8 Å². The number of nitrogens with two attached hydrogens (primary N) is 1. The molecule has 1 aliphatic carbocycles. The summed E-state index contributed by atoms with van der Waals surface area (Å²) in [4.78, 5) is 9.51. The Hall–Kier alpha value is -1.72. The number of fused-ring (bicyclic) bond motifs is 1. The molecular weight excluding hydrogens is 280 g/mol. The van der Waals surface area contributed by atoms with E-state index in [-0.39, 0.29) is 5.54 Å². The molecular formula is C16H18N4S. The molecule has 2 heterocycles. The first-order chi connectivity index (χ1) is 10.2. The molecule has 0 aliphatic heterocycles. The number of hydrogen-bond donors (Lipinski definition) is 1. The van der Waals surface area contributed by atoms with E-state index < -0.39 is 0 Å². The number of hydrogen-bond acceptors (Lipinski definition) is 4. The highest BCUT2D eigenvalue weighted by atomic mass is 32.1. The highest BCUT2D eigenvalue weighted by molar-refractivity contribution is 7.10. The van der Waals surface area contributed by atoms with Gasteiger partial charge in [0.05, 0.1) is 16.6 Å². The fraction of sp³-hybridized carbons (Fsp3) is 0.375. The molecule has 2 aromatic heterocycles. The molecule has 0 amide bonds. The normalized spacial score (nSPS) is 17.6. The molecule has 4 nitrogen and oxygen atoms in total. The molecule has 4 rings (SSSR count). The molecule has 3 aromatic rings. The van der Waals surface area contributed by atoms with Crippen LogP contribution in [0.2, 0.25) is 0 Å². The number of imidazole rings is 1. The zero-order valence-electron chi connectivity index (χ0n) is 12.0. The summed E-state index contributed by atoms with van der Waals surface area (Å²) in [6.07, 6.45) is 4.50. The summed E-state index contributed by atoms with van der Waals surface area (Å²) in [5.41, 5.74) is 9.36. The highest BCUT2D eigenvalue weighted by Crippen LogP contribution is 2.39. The van der Waals surface area contributed by atoms with Crippen LogP contribution in [0.3, 0.4) is 0 Å². The number of nitrogens with zero attached hydrogens (tertiary/aromatic N) is 3. The largest absolute Gasteiger partial charge is 0.326 e. The summed E-state index contributed by atoms with van der Waals surface area (Å²) >= 11 is 1.67. The third kappa shape index (κ3) is 2.00. The van der Waals surface area contributed by atoms with Crippen LogP contribution in [-0.2, 0) is 12.6 Å². The van der Waals surface area contributed by atoms with Crippen molar-refractivity contribution in [1.29, 1.82) is 0 Å². The van der Waals surface area contributed by atoms with Gasteiger partial charge >= 0.3 is 0 Å². The van der Waals surface area contributed by atoms with E-state index in [1.807, 2.05) is 25.2 Å². The zero-order chi connectivity index (χ0) is 14.4. The Morgan fingerprint density at radius 2 is 1.95 bits per heavy atom. The molecule has 0 bridgehead atoms. The second kappa shape index (κ2) is 4.64. The van der Waals surface area contributed by atoms with Crippen molar-refractivity contribution < 1.29 is 0 Å². The molecule has 21 heavy (non-hydrogen) atoms. The molecule has 0 radical (unpaired) electrons. The molecule has 0 saturated heterocycles. The summed E-state index contributed by atoms with van der Waals surface area (Å²) in [7, 11) is 2.04. The van der Waals surface area contributed by atoms with Crippen LogP contribution >= 0.6 is 11.3 Å². The topological polar surface area (TPSA) is 56.7 Å². The maximum atomic E-state index is 6.51. The van der Waals surface area contributed by atoms with Gasteiger partial charge in [0.25, 0.3) is 0 Å². The molecule has 0 unspecified atom stereocenters. The quantitative estimate of drug-likeness (QED) is 0.788. The molecule has 2 N–H and O–H groups in total. The lowest BCUT2D eigenvalue weighted by Gasteiger charge is -2.19. The van der Waals surface area contributed by atoms with E-state index in [0.717, 1.165) is 40.4 Å². The van der Waals surface area contributed by atoms with Crippen LogP contribution in [0.4, 0.5) is 0 Å². The predicted molar refractivity (Wildman–Crippen MR) is 86.2 cm³/mol. The van der Waals surface area contributed by atoms with Crippen LogP contribution in [0.5, 0.6) is 0 Å². The second-order valence-electron chi connectivity index (χ2n) is 5.88. The molecule has 0 spiro atoms. The minimum atomic E-state index is -0.215. The molecule has 1 aromatic carbocycles. The molecule has 1 fully saturated rings. The third-order valence-electron chi connectivity index (χ3n) is 4.44. The number of aryl methyl sites for hydroxylation is 1. The van der Waals surface area contributed by atoms with E-state index in [4.69, 9.17) is 15.7 Å². The minimum Gasteiger partial charge on any atom is -0.326 e. The van der Waals surface area contributed by atoms with E-state index in [0.29, 0.717) is 0 Å². The fourth-order valence-corrected chi connectivity index (χ4v) is 4.17. The summed E-state index contributed by atoms with van der Waals surface area (Å²) < 4.78 is 2.10. The van der Waals surface area contributed by atoms with E-state index in [9.17, 15) is 0 Å². The zero-order valence-corrected chi connectivity index (χ0v) is 12.9. The van der Waals surface area contributed by atoms with Crippen molar-refractivity contribution in [3.05, 3.63) is 34.7 Å². The average molecular weight is 298 g/mol. The van der Waals surface area contributed by atoms with Gasteiger partial charge in [0.15, 0.2) is 5.82 Å². The first-order valence-electron chi connectivity index (χ1n) is 7.34. The molecule has 0 atom stereocenters. The summed E-state index contributed by atoms with van der Waals surface area (Å²) in [5, 5.41) is 3.14. The van der Waals surface area contributed by atoms with Gasteiger partial charge in [-0.1, -0.05) is 25.0 Å². The lowest BCUT2D eigenvalue weighted by atomic mass is 10.0. The maximum absolute atomic E-state index is 6.51. The predicted octanol–water partition coefficient (Wildman–Crippen LogP) is 3.42. The van der Waals surface area contributed by atoms with Gasteiger partial charge in [-0.15, -0.1) is 11.3 Å². The van der Waals surface area contributed by atoms with E-state index >= 15 is 0 Å². The number of aromatic nitrogens is 3. The van der Waals surface area contributed by atoms with Crippen LogP contribution in [0.15, 0.2) is 29.6 Å². The molecule has 108 valence electrons. The fourth-order valence-electron chi connectivity index (χ4n) is 3.20. The number of rotatable bonds is 2. The average Bonchev–Trinajstić information content (AvgIpc) is 3.19. The summed E-state index contributed by atoms with van der Waals surface area (Å²) in [5.74, 6) is 0.917. The van der Waals surface area contributed by atoms with Gasteiger partial charge in [-0.3, -0.25) is 0 Å². The Labute approximate surface area is 127 Å². The number of para-hydroxylation sites is 2. The Bertz CT molecular complexity index is 796. The monoisotopic (exact) mass is 298 g/mol. The minimum absolute atomic E-state index is 0.215. The van der Waals surface area contributed by atoms with E-state index in [2.05, 4.69) is 16.0 Å². The SMILES string of the molecule is Cn1c(-c2csc(C3(N)CCCC3)n2)nc2ccccc21. The summed E-state index contributed by atoms with van der Waals surface area (Å²) in [6.45, 7) is 0. The van der Waals surface area contributed by atoms with Crippen molar-refractivity contribution in [1.82, 2.24) is 14.5 Å². The van der Waals surface area contributed by atoms with Crippen molar-refractivity contribution in [2.45, 2.75) is 31.2 Å². The Balaban J connectivity index is 1.79. The van der Waals surface area contributed by atoms with Gasteiger partial charge in [-0.25, -0.2) is 9.97 Å². The standard InChI is InChI=1S/C16H18N4S/c1-20-13-7-3-2-6-11(13)18-14(20)12-10-21-15(19-12)16(17)8-4-5-9-16/h2-3,6-7,10H,4-5,8-9,17H2,1H3. The Kier molecular flexibility index (Phi) is 2.87. The first kappa shape index (κ1) is 13.0. The Morgan fingerprint density at radius 1 is 1.19 bits per heavy atom. The van der Waals surface area contributed by atoms with Crippen LogP contribution in [0.25, 0.3) is 22.6 Å². The van der Waals surface area contributed by atoms with Gasteiger partial charge < -0.3 is 10.3 Å². The lowest BCUT2D eigenvalue weighted by Crippen LogP contribution is -2.32. The van der Waals surface area contributed by atoms with Crippen molar-refractivity contribution in [2.24, 2.45) is 12.8 Å². The van der Waals surface area contributed by atoms with Gasteiger partial charge in [-0.05, 0) is 25.0 Å². The summed E-state index contributed by atoms with van der Waals surface area (Å²) in [6, 6.07) is 8.17. The van der Waals surface area contributed by atoms with Gasteiger partial charge in [0.2, 0.25) is 0 Å². The van der Waals surface area contributed by atoms with Gasteiger partial charge in [-0.2, -0.15) is 0 Å². The van der Waals surface area contributed by atoms with Crippen molar-refractivity contribution in [2.75, 3.05) is 0 Å². The van der Waals surface area contributed by atoms with Crippen LogP contribution in [0, 0.1) is 0 Å². The lowest BCUT2D eigenvalue weighted by molar-refractivity contribution is 0.459. The highest BCUT2D eigenvalue weighted by Gasteiger charge is 2.34. The first-order valence-corrected chi connectivity index (χ1v) is 8.22. The van der Waals surface area contributed by atoms with Crippen molar-refractivity contribution in [3.8, 4) is 11.5 Å². The Morgan fingerprint density at radius 3 is 2.71 bits per heavy atom. The van der Waals surface area contributed by atoms with Crippen molar-refractivity contribution in [3.63, 3.8) is 0 Å². The van der Waals surface area contributed by atoms with E-state index in [1.54, 1.807) is 11.3 Å². The van der Waals surface area contributed by atoms with Crippen LogP contribution < -0.4 is 5.73 Å². The molecule has 1 saturated carbocycles. The number of benzene rings is 1. The van der Waals surface area contributed by atoms with Gasteiger partial charge in [0, 0.05) is 12.4 Å². The number of thiazole rings is 1. The van der Waals surface area contributed by atoms with Crippen molar-refractivity contribution >= 4 is 22.4 Å². The van der Waals surface area contributed by atoms with Crippen LogP contribution in [0.1, 0.15) is 30.7 Å². The smallest absolute Gasteiger partial charge is 0.160 e. The second-order valence-corrected chi connectivity index (χ2v) is 6.74. The maximum Gasteiger partial charge on any atom is 0.160 e. The third-order valence-corrected chi connectivity index (χ3v) is 5.50. The van der Waals surface area contributed by atoms with Gasteiger partial charge in [0.1, 0.15) is 10.7 Å². The van der Waals surface area contributed by atoms with Crippen LogP contribution in [-0.4, -0.2) is 14.5 Å².